The standard InChI is InChI=1S/C11H19NO3/c1-2-10(13)12-8-4-3-5-9(12)6-7-11(14)15/h9H,2-8H2,1H3,(H,14,15). The number of rotatable bonds is 4. The van der Waals surface area contributed by atoms with Crippen molar-refractivity contribution in [2.45, 2.75) is 51.5 Å². The number of amides is 1. The molecule has 15 heavy (non-hydrogen) atoms. The molecule has 1 rings (SSSR count). The molecule has 0 aromatic heterocycles. The molecule has 1 N–H and O–H groups in total. The Labute approximate surface area is 90.3 Å². The number of hydrogen-bond donors (Lipinski definition) is 1. The van der Waals surface area contributed by atoms with Crippen LogP contribution in [0.5, 0.6) is 0 Å². The lowest BCUT2D eigenvalue weighted by atomic mass is 9.97. The van der Waals surface area contributed by atoms with Gasteiger partial charge < -0.3 is 10.0 Å². The third kappa shape index (κ3) is 3.53. The molecule has 0 aromatic rings. The topological polar surface area (TPSA) is 57.6 Å². The predicted molar refractivity (Wildman–Crippen MR) is 56.5 cm³/mol. The van der Waals surface area contributed by atoms with E-state index in [0.29, 0.717) is 12.8 Å². The van der Waals surface area contributed by atoms with Crippen molar-refractivity contribution in [3.63, 3.8) is 0 Å². The van der Waals surface area contributed by atoms with Gasteiger partial charge in [-0.3, -0.25) is 9.59 Å². The quantitative estimate of drug-likeness (QED) is 0.772. The Bertz CT molecular complexity index is 240. The van der Waals surface area contributed by atoms with Gasteiger partial charge in [-0.1, -0.05) is 6.92 Å². The van der Waals surface area contributed by atoms with Gasteiger partial charge in [0, 0.05) is 25.4 Å². The second-order valence-electron chi connectivity index (χ2n) is 4.02. The van der Waals surface area contributed by atoms with Gasteiger partial charge in [-0.15, -0.1) is 0 Å². The van der Waals surface area contributed by atoms with Crippen LogP contribution in [0.3, 0.4) is 0 Å². The van der Waals surface area contributed by atoms with E-state index in [-0.39, 0.29) is 18.4 Å². The first-order chi connectivity index (χ1) is 7.15. The van der Waals surface area contributed by atoms with Crippen LogP contribution in [0.2, 0.25) is 0 Å². The molecule has 4 nitrogen and oxygen atoms in total. The maximum absolute atomic E-state index is 11.6. The molecule has 0 spiro atoms. The normalized spacial score (nSPS) is 21.4. The van der Waals surface area contributed by atoms with E-state index in [4.69, 9.17) is 5.11 Å². The van der Waals surface area contributed by atoms with E-state index >= 15 is 0 Å². The maximum atomic E-state index is 11.6. The highest BCUT2D eigenvalue weighted by atomic mass is 16.4. The van der Waals surface area contributed by atoms with E-state index in [1.54, 1.807) is 0 Å². The molecule has 1 atom stereocenters. The summed E-state index contributed by atoms with van der Waals surface area (Å²) in [5.41, 5.74) is 0. The summed E-state index contributed by atoms with van der Waals surface area (Å²) in [4.78, 5) is 24.0. The van der Waals surface area contributed by atoms with Crippen molar-refractivity contribution in [3.05, 3.63) is 0 Å². The molecule has 1 unspecified atom stereocenters. The van der Waals surface area contributed by atoms with Crippen molar-refractivity contribution < 1.29 is 14.7 Å². The van der Waals surface area contributed by atoms with Gasteiger partial charge in [-0.2, -0.15) is 0 Å². The molecule has 1 fully saturated rings. The first-order valence-electron chi connectivity index (χ1n) is 5.66. The van der Waals surface area contributed by atoms with Crippen molar-refractivity contribution in [2.24, 2.45) is 0 Å². The summed E-state index contributed by atoms with van der Waals surface area (Å²) in [6.07, 6.45) is 4.40. The molecule has 4 heteroatoms. The molecule has 1 aliphatic heterocycles. The highest BCUT2D eigenvalue weighted by Crippen LogP contribution is 2.21. The lowest BCUT2D eigenvalue weighted by Gasteiger charge is -2.35. The second kappa shape index (κ2) is 5.73. The second-order valence-corrected chi connectivity index (χ2v) is 4.02. The number of piperidine rings is 1. The van der Waals surface area contributed by atoms with Crippen LogP contribution in [-0.4, -0.2) is 34.5 Å². The van der Waals surface area contributed by atoms with Crippen molar-refractivity contribution in [2.75, 3.05) is 6.54 Å². The largest absolute Gasteiger partial charge is 0.481 e. The molecular weight excluding hydrogens is 194 g/mol. The van der Waals surface area contributed by atoms with E-state index in [9.17, 15) is 9.59 Å². The zero-order valence-corrected chi connectivity index (χ0v) is 9.24. The number of hydrogen-bond acceptors (Lipinski definition) is 2. The Balaban J connectivity index is 2.49. The van der Waals surface area contributed by atoms with Crippen LogP contribution in [0.25, 0.3) is 0 Å². The fraction of sp³-hybridized carbons (Fsp3) is 0.818. The molecule has 1 heterocycles. The Morgan fingerprint density at radius 3 is 2.73 bits per heavy atom. The van der Waals surface area contributed by atoms with Crippen LogP contribution in [0, 0.1) is 0 Å². The van der Waals surface area contributed by atoms with Gasteiger partial charge >= 0.3 is 5.97 Å². The van der Waals surface area contributed by atoms with Gasteiger partial charge in [0.2, 0.25) is 5.91 Å². The van der Waals surface area contributed by atoms with E-state index in [1.807, 2.05) is 11.8 Å². The van der Waals surface area contributed by atoms with Gasteiger partial charge in [-0.05, 0) is 25.7 Å². The van der Waals surface area contributed by atoms with Crippen molar-refractivity contribution in [1.29, 1.82) is 0 Å². The molecule has 0 aromatic carbocycles. The minimum Gasteiger partial charge on any atom is -0.481 e. The summed E-state index contributed by atoms with van der Waals surface area (Å²) in [7, 11) is 0. The van der Waals surface area contributed by atoms with E-state index in [0.717, 1.165) is 25.8 Å². The SMILES string of the molecule is CCC(=O)N1CCCCC1CCC(=O)O. The third-order valence-corrected chi connectivity index (χ3v) is 2.94. The maximum Gasteiger partial charge on any atom is 0.303 e. The summed E-state index contributed by atoms with van der Waals surface area (Å²) in [5.74, 6) is -0.616. The average molecular weight is 213 g/mol. The number of carboxylic acid groups (broad SMARTS) is 1. The Morgan fingerprint density at radius 2 is 2.13 bits per heavy atom. The number of nitrogens with zero attached hydrogens (tertiary/aromatic N) is 1. The number of carbonyl (C=O) groups is 2. The lowest BCUT2D eigenvalue weighted by molar-refractivity contribution is -0.140. The number of aliphatic carboxylic acids is 1. The van der Waals surface area contributed by atoms with Gasteiger partial charge in [0.1, 0.15) is 0 Å². The first kappa shape index (κ1) is 12.0. The van der Waals surface area contributed by atoms with Crippen molar-refractivity contribution in [1.82, 2.24) is 4.90 Å². The van der Waals surface area contributed by atoms with E-state index in [2.05, 4.69) is 0 Å². The van der Waals surface area contributed by atoms with Gasteiger partial charge in [0.25, 0.3) is 0 Å². The molecule has 86 valence electrons. The fourth-order valence-corrected chi connectivity index (χ4v) is 2.12. The molecule has 1 aliphatic rings. The predicted octanol–water partition coefficient (Wildman–Crippen LogP) is 1.64. The zero-order chi connectivity index (χ0) is 11.3. The van der Waals surface area contributed by atoms with Crippen LogP contribution >= 0.6 is 0 Å². The minimum atomic E-state index is -0.774. The number of carboxylic acids is 1. The highest BCUT2D eigenvalue weighted by molar-refractivity contribution is 5.76. The Kier molecular flexibility index (Phi) is 4.59. The third-order valence-electron chi connectivity index (χ3n) is 2.94. The summed E-state index contributed by atoms with van der Waals surface area (Å²) < 4.78 is 0. The average Bonchev–Trinajstić information content (AvgIpc) is 2.25. The smallest absolute Gasteiger partial charge is 0.303 e. The Morgan fingerprint density at radius 1 is 1.40 bits per heavy atom. The number of likely N-dealkylation sites (tertiary alicyclic amines) is 1. The van der Waals surface area contributed by atoms with Crippen LogP contribution in [0.15, 0.2) is 0 Å². The van der Waals surface area contributed by atoms with Crippen LogP contribution in [0.4, 0.5) is 0 Å². The molecule has 0 aliphatic carbocycles. The van der Waals surface area contributed by atoms with Crippen LogP contribution in [-0.2, 0) is 9.59 Å². The van der Waals surface area contributed by atoms with Crippen LogP contribution in [0.1, 0.15) is 45.4 Å². The van der Waals surface area contributed by atoms with Gasteiger partial charge in [0.05, 0.1) is 0 Å². The summed E-state index contributed by atoms with van der Waals surface area (Å²) in [6, 6.07) is 0.155. The van der Waals surface area contributed by atoms with E-state index in [1.165, 1.54) is 0 Å². The first-order valence-corrected chi connectivity index (χ1v) is 5.66. The molecule has 0 bridgehead atoms. The molecule has 1 saturated heterocycles. The molecule has 1 amide bonds. The Hall–Kier alpha value is -1.06. The van der Waals surface area contributed by atoms with Crippen molar-refractivity contribution >= 4 is 11.9 Å². The minimum absolute atomic E-state index is 0.155. The molecule has 0 radical (unpaired) electrons. The van der Waals surface area contributed by atoms with Crippen LogP contribution < -0.4 is 0 Å². The summed E-state index contributed by atoms with van der Waals surface area (Å²) in [5, 5.41) is 8.62. The monoisotopic (exact) mass is 213 g/mol. The van der Waals surface area contributed by atoms with Gasteiger partial charge in [-0.25, -0.2) is 0 Å². The van der Waals surface area contributed by atoms with E-state index < -0.39 is 5.97 Å². The zero-order valence-electron chi connectivity index (χ0n) is 9.24. The lowest BCUT2D eigenvalue weighted by Crippen LogP contribution is -2.43. The summed E-state index contributed by atoms with van der Waals surface area (Å²) in [6.45, 7) is 2.65. The summed E-state index contributed by atoms with van der Waals surface area (Å²) >= 11 is 0. The van der Waals surface area contributed by atoms with Gasteiger partial charge in [0.15, 0.2) is 0 Å². The number of carbonyl (C=O) groups excluding carboxylic acids is 1. The highest BCUT2D eigenvalue weighted by Gasteiger charge is 2.25. The fourth-order valence-electron chi connectivity index (χ4n) is 2.12. The molecular formula is C11H19NO3. The molecule has 0 saturated carbocycles. The van der Waals surface area contributed by atoms with Crippen molar-refractivity contribution in [3.8, 4) is 0 Å².